The molecule has 1 aromatic heterocycles. The summed E-state index contributed by atoms with van der Waals surface area (Å²) in [7, 11) is 0. The first kappa shape index (κ1) is 19.8. The molecule has 29 heavy (non-hydrogen) atoms. The van der Waals surface area contributed by atoms with Crippen LogP contribution < -0.4 is 10.1 Å². The second-order valence-electron chi connectivity index (χ2n) is 8.24. The first-order valence-electron chi connectivity index (χ1n) is 10.7. The van der Waals surface area contributed by atoms with Crippen molar-refractivity contribution in [3.63, 3.8) is 0 Å². The molecule has 0 bridgehead atoms. The van der Waals surface area contributed by atoms with E-state index in [1.54, 1.807) is 0 Å². The molecule has 1 aromatic carbocycles. The lowest BCUT2D eigenvalue weighted by atomic mass is 9.87. The minimum Gasteiger partial charge on any atom is -0.483 e. The summed E-state index contributed by atoms with van der Waals surface area (Å²) in [4.78, 5) is 23.6. The van der Waals surface area contributed by atoms with Crippen LogP contribution in [0.2, 0.25) is 0 Å². The number of amides is 1. The largest absolute Gasteiger partial charge is 0.483 e. The predicted octanol–water partition coefficient (Wildman–Crippen LogP) is 2.90. The summed E-state index contributed by atoms with van der Waals surface area (Å²) in [5.41, 5.74) is 2.35. The quantitative estimate of drug-likeness (QED) is 0.848. The van der Waals surface area contributed by atoms with Crippen LogP contribution in [-0.4, -0.2) is 46.5 Å². The molecule has 0 saturated carbocycles. The van der Waals surface area contributed by atoms with E-state index in [1.807, 2.05) is 37.5 Å². The number of aromatic nitrogens is 2. The Labute approximate surface area is 172 Å². The summed E-state index contributed by atoms with van der Waals surface area (Å²) in [5.74, 6) is 2.10. The average Bonchev–Trinajstić information content (AvgIpc) is 2.73. The van der Waals surface area contributed by atoms with Crippen LogP contribution in [0.1, 0.15) is 42.6 Å². The maximum atomic E-state index is 12.5. The molecule has 1 N–H and O–H groups in total. The third-order valence-electron chi connectivity index (χ3n) is 6.01. The van der Waals surface area contributed by atoms with Gasteiger partial charge >= 0.3 is 0 Å². The molecule has 1 saturated heterocycles. The molecular weight excluding hydrogens is 364 g/mol. The van der Waals surface area contributed by atoms with Gasteiger partial charge in [-0.25, -0.2) is 9.97 Å². The number of likely N-dealkylation sites (tertiary alicyclic amines) is 1. The van der Waals surface area contributed by atoms with Gasteiger partial charge in [-0.05, 0) is 50.2 Å². The number of para-hydroxylation sites is 1. The van der Waals surface area contributed by atoms with E-state index in [9.17, 15) is 4.79 Å². The number of benzene rings is 1. The van der Waals surface area contributed by atoms with E-state index in [0.717, 1.165) is 68.9 Å². The number of nitrogens with one attached hydrogen (secondary N) is 1. The zero-order chi connectivity index (χ0) is 20.1. The van der Waals surface area contributed by atoms with Crippen LogP contribution in [0.5, 0.6) is 5.75 Å². The fourth-order valence-electron chi connectivity index (χ4n) is 4.46. The Hall–Kier alpha value is -2.47. The zero-order valence-electron chi connectivity index (χ0n) is 17.1. The molecule has 4 rings (SSSR count). The molecule has 2 aliphatic heterocycles. The molecule has 1 amide bonds. The van der Waals surface area contributed by atoms with Crippen LogP contribution in [-0.2, 0) is 17.8 Å². The Bertz CT molecular complexity index is 824. The summed E-state index contributed by atoms with van der Waals surface area (Å²) < 4.78 is 5.83. The van der Waals surface area contributed by atoms with Crippen molar-refractivity contribution >= 4 is 5.91 Å². The highest BCUT2D eigenvalue weighted by Gasteiger charge is 2.30. The van der Waals surface area contributed by atoms with Crippen LogP contribution in [0, 0.1) is 12.8 Å². The van der Waals surface area contributed by atoms with Gasteiger partial charge in [0, 0.05) is 43.6 Å². The Morgan fingerprint density at radius 2 is 2.00 bits per heavy atom. The van der Waals surface area contributed by atoms with Crippen molar-refractivity contribution in [1.29, 1.82) is 0 Å². The van der Waals surface area contributed by atoms with Gasteiger partial charge in [0.2, 0.25) is 0 Å². The van der Waals surface area contributed by atoms with Crippen molar-refractivity contribution < 1.29 is 9.53 Å². The Balaban J connectivity index is 1.41. The standard InChI is InChI=1S/C23H30N4O2/c1-17-24-12-18(13-25-17)14-27-11-10-21-20(15-27)8-3-2-6-19-7-4-5-9-22(19)29-16-23(28)26-21/h4-5,7,9,12-13,20-21H,2-3,6,8,10-11,14-16H2,1H3,(H,26,28)/t20-,21+/m0/s1. The highest BCUT2D eigenvalue weighted by molar-refractivity contribution is 5.78. The molecular formula is C23H30N4O2. The van der Waals surface area contributed by atoms with E-state index in [1.165, 1.54) is 5.56 Å². The lowest BCUT2D eigenvalue weighted by Crippen LogP contribution is -2.51. The number of hydrogen-bond donors (Lipinski definition) is 1. The average molecular weight is 395 g/mol. The number of aryl methyl sites for hydroxylation is 2. The fraction of sp³-hybridized carbons (Fsp3) is 0.522. The zero-order valence-corrected chi connectivity index (χ0v) is 17.1. The van der Waals surface area contributed by atoms with Crippen LogP contribution in [0.25, 0.3) is 0 Å². The van der Waals surface area contributed by atoms with Crippen LogP contribution >= 0.6 is 0 Å². The second-order valence-corrected chi connectivity index (χ2v) is 8.24. The van der Waals surface area contributed by atoms with Gasteiger partial charge in [-0.1, -0.05) is 24.6 Å². The SMILES string of the molecule is Cc1ncc(CN2CC[C@H]3NC(=O)COc4ccccc4CCCC[C@H]3C2)cn1. The van der Waals surface area contributed by atoms with E-state index >= 15 is 0 Å². The number of ether oxygens (including phenoxy) is 1. The Morgan fingerprint density at radius 1 is 1.17 bits per heavy atom. The Kier molecular flexibility index (Phi) is 6.39. The molecule has 0 unspecified atom stereocenters. The topological polar surface area (TPSA) is 67.4 Å². The monoisotopic (exact) mass is 394 g/mol. The van der Waals surface area contributed by atoms with E-state index in [-0.39, 0.29) is 18.6 Å². The normalized spacial score (nSPS) is 23.6. The van der Waals surface area contributed by atoms with Gasteiger partial charge in [-0.3, -0.25) is 9.69 Å². The van der Waals surface area contributed by atoms with E-state index in [4.69, 9.17) is 4.74 Å². The summed E-state index contributed by atoms with van der Waals surface area (Å²) in [6.45, 7) is 4.83. The van der Waals surface area contributed by atoms with Crippen molar-refractivity contribution in [3.8, 4) is 5.75 Å². The maximum absolute atomic E-state index is 12.5. The number of carbonyl (C=O) groups excluding carboxylic acids is 1. The maximum Gasteiger partial charge on any atom is 0.258 e. The smallest absolute Gasteiger partial charge is 0.258 e. The molecule has 3 heterocycles. The van der Waals surface area contributed by atoms with Gasteiger partial charge in [-0.15, -0.1) is 0 Å². The number of hydrogen-bond acceptors (Lipinski definition) is 5. The van der Waals surface area contributed by atoms with Gasteiger partial charge < -0.3 is 10.1 Å². The summed E-state index contributed by atoms with van der Waals surface area (Å²) >= 11 is 0. The van der Waals surface area contributed by atoms with Crippen LogP contribution in [0.15, 0.2) is 36.7 Å². The van der Waals surface area contributed by atoms with E-state index < -0.39 is 0 Å². The van der Waals surface area contributed by atoms with Crippen LogP contribution in [0.4, 0.5) is 0 Å². The molecule has 1 fully saturated rings. The summed E-state index contributed by atoms with van der Waals surface area (Å²) in [5, 5.41) is 3.24. The molecule has 2 aliphatic rings. The molecule has 0 aliphatic carbocycles. The summed E-state index contributed by atoms with van der Waals surface area (Å²) in [6.07, 6.45) is 9.25. The molecule has 154 valence electrons. The third kappa shape index (κ3) is 5.32. The van der Waals surface area contributed by atoms with Crippen LogP contribution in [0.3, 0.4) is 0 Å². The molecule has 0 radical (unpaired) electrons. The highest BCUT2D eigenvalue weighted by atomic mass is 16.5. The number of fused-ring (bicyclic) bond motifs is 2. The summed E-state index contributed by atoms with van der Waals surface area (Å²) in [6, 6.07) is 8.30. The second kappa shape index (κ2) is 9.35. The lowest BCUT2D eigenvalue weighted by Gasteiger charge is -2.39. The highest BCUT2D eigenvalue weighted by Crippen LogP contribution is 2.26. The van der Waals surface area contributed by atoms with E-state index in [2.05, 4.69) is 26.3 Å². The third-order valence-corrected chi connectivity index (χ3v) is 6.01. The molecule has 2 aromatic rings. The molecule has 6 nitrogen and oxygen atoms in total. The number of carbonyl (C=O) groups is 1. The van der Waals surface area contributed by atoms with Gasteiger partial charge in [0.05, 0.1) is 0 Å². The van der Waals surface area contributed by atoms with Crippen molar-refractivity contribution in [2.24, 2.45) is 5.92 Å². The number of piperidine rings is 1. The number of rotatable bonds is 2. The van der Waals surface area contributed by atoms with Crippen molar-refractivity contribution in [2.45, 2.75) is 51.6 Å². The van der Waals surface area contributed by atoms with Crippen molar-refractivity contribution in [2.75, 3.05) is 19.7 Å². The minimum atomic E-state index is -0.0178. The first-order chi connectivity index (χ1) is 14.2. The molecule has 0 spiro atoms. The van der Waals surface area contributed by atoms with Gasteiger partial charge in [0.1, 0.15) is 11.6 Å². The first-order valence-corrected chi connectivity index (χ1v) is 10.7. The molecule has 2 atom stereocenters. The molecule has 6 heteroatoms. The minimum absolute atomic E-state index is 0.0178. The fourth-order valence-corrected chi connectivity index (χ4v) is 4.46. The van der Waals surface area contributed by atoms with Gasteiger partial charge in [0.25, 0.3) is 5.91 Å². The Morgan fingerprint density at radius 3 is 2.86 bits per heavy atom. The number of nitrogens with zero attached hydrogens (tertiary/aromatic N) is 3. The lowest BCUT2D eigenvalue weighted by molar-refractivity contribution is -0.124. The van der Waals surface area contributed by atoms with Gasteiger partial charge in [0.15, 0.2) is 6.61 Å². The van der Waals surface area contributed by atoms with Crippen molar-refractivity contribution in [1.82, 2.24) is 20.2 Å². The van der Waals surface area contributed by atoms with Crippen molar-refractivity contribution in [3.05, 3.63) is 53.6 Å². The van der Waals surface area contributed by atoms with Gasteiger partial charge in [-0.2, -0.15) is 0 Å². The predicted molar refractivity (Wildman–Crippen MR) is 112 cm³/mol. The van der Waals surface area contributed by atoms with E-state index in [0.29, 0.717) is 5.92 Å².